The van der Waals surface area contributed by atoms with Gasteiger partial charge in [0.2, 0.25) is 0 Å². The highest BCUT2D eigenvalue weighted by molar-refractivity contribution is 5.92. The lowest BCUT2D eigenvalue weighted by atomic mass is 10.1. The quantitative estimate of drug-likeness (QED) is 0.712. The number of hydrogen-bond acceptors (Lipinski definition) is 2. The number of nitrogens with zero attached hydrogens (tertiary/aromatic N) is 2. The molecule has 0 aromatic carbocycles. The highest BCUT2D eigenvalue weighted by Gasteiger charge is 2.16. The van der Waals surface area contributed by atoms with Crippen LogP contribution in [0, 0.1) is 0 Å². The highest BCUT2D eigenvalue weighted by atomic mass is 16.1. The fraction of sp³-hybridized carbons (Fsp3) is 0.667. The lowest BCUT2D eigenvalue weighted by Gasteiger charge is -2.11. The third-order valence-electron chi connectivity index (χ3n) is 2.72. The van der Waals surface area contributed by atoms with E-state index < -0.39 is 0 Å². The molecule has 0 spiro atoms. The molecule has 0 saturated carbocycles. The van der Waals surface area contributed by atoms with E-state index in [-0.39, 0.29) is 11.8 Å². The van der Waals surface area contributed by atoms with E-state index in [4.69, 9.17) is 0 Å². The first-order valence-corrected chi connectivity index (χ1v) is 5.57. The van der Waals surface area contributed by atoms with Crippen molar-refractivity contribution in [2.45, 2.75) is 53.0 Å². The predicted molar refractivity (Wildman–Crippen MR) is 61.3 cm³/mol. The van der Waals surface area contributed by atoms with Crippen molar-refractivity contribution in [3.05, 3.63) is 17.5 Å². The number of carbonyl (C=O) groups excluding carboxylic acids is 1. The molecule has 0 aliphatic heterocycles. The van der Waals surface area contributed by atoms with E-state index in [1.54, 1.807) is 6.92 Å². The summed E-state index contributed by atoms with van der Waals surface area (Å²) >= 11 is 0. The van der Waals surface area contributed by atoms with Crippen LogP contribution in [-0.4, -0.2) is 15.6 Å². The van der Waals surface area contributed by atoms with Crippen LogP contribution in [0.15, 0.2) is 6.07 Å². The lowest BCUT2D eigenvalue weighted by molar-refractivity contribution is 0.100. The molecule has 1 heterocycles. The van der Waals surface area contributed by atoms with Gasteiger partial charge >= 0.3 is 0 Å². The molecule has 1 atom stereocenters. The second kappa shape index (κ2) is 4.60. The molecule has 1 aromatic heterocycles. The van der Waals surface area contributed by atoms with E-state index in [9.17, 15) is 4.79 Å². The molecule has 0 saturated heterocycles. The third kappa shape index (κ3) is 2.46. The monoisotopic (exact) mass is 208 g/mol. The Morgan fingerprint density at radius 1 is 1.47 bits per heavy atom. The summed E-state index contributed by atoms with van der Waals surface area (Å²) in [7, 11) is 0. The van der Waals surface area contributed by atoms with Crippen molar-refractivity contribution < 1.29 is 4.79 Å². The van der Waals surface area contributed by atoms with Crippen LogP contribution in [0.3, 0.4) is 0 Å². The molecule has 15 heavy (non-hydrogen) atoms. The summed E-state index contributed by atoms with van der Waals surface area (Å²) in [6, 6.07) is 2.20. The molecule has 3 heteroatoms. The number of carbonyl (C=O) groups is 1. The largest absolute Gasteiger partial charge is 0.293 e. The zero-order chi connectivity index (χ0) is 11.6. The molecule has 0 aliphatic carbocycles. The van der Waals surface area contributed by atoms with Crippen molar-refractivity contribution in [2.75, 3.05) is 0 Å². The Bertz CT molecular complexity index is 353. The summed E-state index contributed by atoms with van der Waals surface area (Å²) in [6.45, 7) is 9.97. The summed E-state index contributed by atoms with van der Waals surface area (Å²) in [4.78, 5) is 11.5. The van der Waals surface area contributed by atoms with Gasteiger partial charge in [0.15, 0.2) is 5.78 Å². The zero-order valence-electron chi connectivity index (χ0n) is 10.2. The standard InChI is InChI=1S/C12H20N2O/c1-6-9(4)14-12(10(5)15)7-11(13-14)8(2)3/h7-9H,6H2,1-5H3. The first kappa shape index (κ1) is 12.0. The average Bonchev–Trinajstić information content (AvgIpc) is 2.61. The minimum Gasteiger partial charge on any atom is -0.293 e. The molecule has 3 nitrogen and oxygen atoms in total. The van der Waals surface area contributed by atoms with E-state index in [1.165, 1.54) is 0 Å². The van der Waals surface area contributed by atoms with E-state index >= 15 is 0 Å². The molecule has 84 valence electrons. The number of Topliss-reactive ketones (excluding diaryl/α,β-unsaturated/α-hetero) is 1. The van der Waals surface area contributed by atoms with Gasteiger partial charge in [-0.15, -0.1) is 0 Å². The molecule has 1 aromatic rings. The Balaban J connectivity index is 3.17. The Morgan fingerprint density at radius 2 is 2.07 bits per heavy atom. The summed E-state index contributed by atoms with van der Waals surface area (Å²) in [5, 5.41) is 4.50. The van der Waals surface area contributed by atoms with E-state index in [1.807, 2.05) is 10.7 Å². The van der Waals surface area contributed by atoms with Crippen LogP contribution in [-0.2, 0) is 0 Å². The Kier molecular flexibility index (Phi) is 3.66. The first-order valence-electron chi connectivity index (χ1n) is 5.57. The van der Waals surface area contributed by atoms with Crippen LogP contribution in [0.5, 0.6) is 0 Å². The molecule has 1 rings (SSSR count). The summed E-state index contributed by atoms with van der Waals surface area (Å²) < 4.78 is 1.86. The SMILES string of the molecule is CCC(C)n1nc(C(C)C)cc1C(C)=O. The molecule has 0 bridgehead atoms. The second-order valence-electron chi connectivity index (χ2n) is 4.37. The van der Waals surface area contributed by atoms with Gasteiger partial charge in [0, 0.05) is 13.0 Å². The number of ketones is 1. The molecular formula is C12H20N2O. The van der Waals surface area contributed by atoms with Crippen molar-refractivity contribution in [3.8, 4) is 0 Å². The number of aromatic nitrogens is 2. The average molecular weight is 208 g/mol. The van der Waals surface area contributed by atoms with Gasteiger partial charge in [-0.1, -0.05) is 20.8 Å². The van der Waals surface area contributed by atoms with Crippen molar-refractivity contribution >= 4 is 5.78 Å². The summed E-state index contributed by atoms with van der Waals surface area (Å²) in [5.74, 6) is 0.461. The molecule has 0 aliphatic rings. The van der Waals surface area contributed by atoms with E-state index in [2.05, 4.69) is 32.8 Å². The maximum Gasteiger partial charge on any atom is 0.177 e. The van der Waals surface area contributed by atoms with Gasteiger partial charge in [-0.3, -0.25) is 9.48 Å². The summed E-state index contributed by atoms with van der Waals surface area (Å²) in [5.41, 5.74) is 1.73. The molecule has 1 unspecified atom stereocenters. The minimum atomic E-state index is 0.0923. The van der Waals surface area contributed by atoms with Crippen LogP contribution in [0.2, 0.25) is 0 Å². The zero-order valence-corrected chi connectivity index (χ0v) is 10.2. The van der Waals surface area contributed by atoms with Crippen LogP contribution in [0.1, 0.15) is 69.2 Å². The van der Waals surface area contributed by atoms with Gasteiger partial charge in [-0.05, 0) is 25.3 Å². The van der Waals surface area contributed by atoms with Crippen LogP contribution < -0.4 is 0 Å². The van der Waals surface area contributed by atoms with Crippen LogP contribution in [0.4, 0.5) is 0 Å². The van der Waals surface area contributed by atoms with Crippen molar-refractivity contribution in [3.63, 3.8) is 0 Å². The lowest BCUT2D eigenvalue weighted by Crippen LogP contribution is -2.12. The molecule has 0 fully saturated rings. The third-order valence-corrected chi connectivity index (χ3v) is 2.72. The van der Waals surface area contributed by atoms with Gasteiger partial charge in [0.1, 0.15) is 5.69 Å². The highest BCUT2D eigenvalue weighted by Crippen LogP contribution is 2.19. The van der Waals surface area contributed by atoms with Crippen LogP contribution in [0.25, 0.3) is 0 Å². The van der Waals surface area contributed by atoms with Gasteiger partial charge in [0.25, 0.3) is 0 Å². The molecular weight excluding hydrogens is 188 g/mol. The van der Waals surface area contributed by atoms with Gasteiger partial charge in [-0.2, -0.15) is 5.10 Å². The van der Waals surface area contributed by atoms with Crippen molar-refractivity contribution in [2.24, 2.45) is 0 Å². The normalized spacial score (nSPS) is 13.2. The fourth-order valence-electron chi connectivity index (χ4n) is 1.47. The van der Waals surface area contributed by atoms with Gasteiger partial charge in [0.05, 0.1) is 5.69 Å². The Labute approximate surface area is 91.5 Å². The number of rotatable bonds is 4. The minimum absolute atomic E-state index is 0.0923. The smallest absolute Gasteiger partial charge is 0.177 e. The predicted octanol–water partition coefficient (Wildman–Crippen LogP) is 3.18. The molecule has 0 N–H and O–H groups in total. The molecule has 0 amide bonds. The Morgan fingerprint density at radius 3 is 2.47 bits per heavy atom. The number of hydrogen-bond donors (Lipinski definition) is 0. The van der Waals surface area contributed by atoms with E-state index in [0.717, 1.165) is 17.8 Å². The molecule has 0 radical (unpaired) electrons. The second-order valence-corrected chi connectivity index (χ2v) is 4.37. The van der Waals surface area contributed by atoms with Crippen LogP contribution >= 0.6 is 0 Å². The fourth-order valence-corrected chi connectivity index (χ4v) is 1.47. The first-order chi connectivity index (χ1) is 6.97. The maximum absolute atomic E-state index is 11.5. The van der Waals surface area contributed by atoms with Crippen molar-refractivity contribution in [1.29, 1.82) is 0 Å². The van der Waals surface area contributed by atoms with Gasteiger partial charge < -0.3 is 0 Å². The topological polar surface area (TPSA) is 34.9 Å². The summed E-state index contributed by atoms with van der Waals surface area (Å²) in [6.07, 6.45) is 0.986. The van der Waals surface area contributed by atoms with Gasteiger partial charge in [-0.25, -0.2) is 0 Å². The Hall–Kier alpha value is -1.12. The van der Waals surface area contributed by atoms with E-state index in [0.29, 0.717) is 5.92 Å². The van der Waals surface area contributed by atoms with Crippen molar-refractivity contribution in [1.82, 2.24) is 9.78 Å². The maximum atomic E-state index is 11.5.